The number of carbonyl (C=O) groups excluding carboxylic acids is 1. The van der Waals surface area contributed by atoms with E-state index in [0.717, 1.165) is 11.0 Å². The van der Waals surface area contributed by atoms with E-state index in [0.29, 0.717) is 24.9 Å². The summed E-state index contributed by atoms with van der Waals surface area (Å²) in [4.78, 5) is 12.1. The molecule has 0 bridgehead atoms. The summed E-state index contributed by atoms with van der Waals surface area (Å²) >= 11 is 3.40. The Morgan fingerprint density at radius 2 is 2.20 bits per heavy atom. The van der Waals surface area contributed by atoms with Crippen LogP contribution in [0, 0.1) is 0 Å². The van der Waals surface area contributed by atoms with Gasteiger partial charge in [-0.3, -0.25) is 4.79 Å². The van der Waals surface area contributed by atoms with Crippen molar-refractivity contribution in [2.45, 2.75) is 51.7 Å². The van der Waals surface area contributed by atoms with Gasteiger partial charge in [-0.15, -0.1) is 0 Å². The molecule has 0 radical (unpaired) electrons. The van der Waals surface area contributed by atoms with E-state index in [2.05, 4.69) is 21.2 Å². The van der Waals surface area contributed by atoms with Crippen molar-refractivity contribution in [2.24, 2.45) is 0 Å². The van der Waals surface area contributed by atoms with Crippen molar-refractivity contribution in [2.75, 3.05) is 13.2 Å². The second-order valence-corrected chi connectivity index (χ2v) is 6.13. The molecule has 2 rings (SSSR count). The van der Waals surface area contributed by atoms with Crippen LogP contribution in [0.3, 0.4) is 0 Å². The van der Waals surface area contributed by atoms with Gasteiger partial charge in [0.15, 0.2) is 0 Å². The molecule has 0 unspecified atom stereocenters. The van der Waals surface area contributed by atoms with Crippen LogP contribution in [0.4, 0.5) is 0 Å². The second-order valence-electron chi connectivity index (χ2n) is 5.22. The molecule has 1 fully saturated rings. The van der Waals surface area contributed by atoms with Crippen molar-refractivity contribution in [1.29, 1.82) is 0 Å². The predicted molar refractivity (Wildman–Crippen MR) is 83.0 cm³/mol. The highest BCUT2D eigenvalue weighted by Crippen LogP contribution is 2.20. The zero-order valence-electron chi connectivity index (χ0n) is 12.0. The van der Waals surface area contributed by atoms with Gasteiger partial charge in [-0.2, -0.15) is 0 Å². The molecular formula is C15H23BrN2O2. The predicted octanol–water partition coefficient (Wildman–Crippen LogP) is 3.35. The van der Waals surface area contributed by atoms with Gasteiger partial charge in [0.25, 0.3) is 5.91 Å². The number of aromatic nitrogens is 1. The van der Waals surface area contributed by atoms with Gasteiger partial charge in [0.2, 0.25) is 0 Å². The number of halogens is 1. The third kappa shape index (κ3) is 4.35. The van der Waals surface area contributed by atoms with Crippen molar-refractivity contribution >= 4 is 21.8 Å². The topological polar surface area (TPSA) is 43.3 Å². The van der Waals surface area contributed by atoms with E-state index in [1.54, 1.807) is 0 Å². The first-order valence-electron chi connectivity index (χ1n) is 7.46. The highest BCUT2D eigenvalue weighted by molar-refractivity contribution is 9.10. The number of nitrogens with zero attached hydrogens (tertiary/aromatic N) is 1. The molecule has 0 atom stereocenters. The van der Waals surface area contributed by atoms with E-state index in [1.807, 2.05) is 23.8 Å². The molecule has 5 heteroatoms. The smallest absolute Gasteiger partial charge is 0.268 e. The Bertz CT molecular complexity index is 439. The van der Waals surface area contributed by atoms with Crippen LogP contribution in [0.1, 0.15) is 49.5 Å². The maximum atomic E-state index is 12.1. The lowest BCUT2D eigenvalue weighted by atomic mass is 9.98. The summed E-state index contributed by atoms with van der Waals surface area (Å²) in [6.07, 6.45) is 8.53. The lowest BCUT2D eigenvalue weighted by Crippen LogP contribution is -2.30. The molecule has 1 saturated carbocycles. The highest BCUT2D eigenvalue weighted by atomic mass is 79.9. The molecule has 0 aliphatic heterocycles. The van der Waals surface area contributed by atoms with Crippen LogP contribution < -0.4 is 5.32 Å². The molecule has 0 spiro atoms. The molecule has 112 valence electrons. The molecule has 1 heterocycles. The quantitative estimate of drug-likeness (QED) is 0.805. The average Bonchev–Trinajstić information content (AvgIpc) is 2.86. The van der Waals surface area contributed by atoms with Crippen LogP contribution in [-0.4, -0.2) is 29.7 Å². The zero-order chi connectivity index (χ0) is 14.4. The Labute approximate surface area is 129 Å². The standard InChI is InChI=1S/C15H23BrN2O2/c1-2-18-11-12(16)10-14(18)15(19)17-8-9-20-13-6-4-3-5-7-13/h10-11,13H,2-9H2,1H3,(H,17,19). The van der Waals surface area contributed by atoms with Gasteiger partial charge in [-0.25, -0.2) is 0 Å². The summed E-state index contributed by atoms with van der Waals surface area (Å²) < 4.78 is 8.67. The van der Waals surface area contributed by atoms with Crippen LogP contribution in [0.25, 0.3) is 0 Å². The molecular weight excluding hydrogens is 320 g/mol. The number of rotatable bonds is 6. The molecule has 1 aromatic heterocycles. The van der Waals surface area contributed by atoms with Crippen LogP contribution >= 0.6 is 15.9 Å². The molecule has 1 aliphatic rings. The van der Waals surface area contributed by atoms with Crippen LogP contribution in [0.2, 0.25) is 0 Å². The van der Waals surface area contributed by atoms with Gasteiger partial charge in [0, 0.05) is 23.8 Å². The monoisotopic (exact) mass is 342 g/mol. The van der Waals surface area contributed by atoms with Gasteiger partial charge < -0.3 is 14.6 Å². The minimum Gasteiger partial charge on any atom is -0.376 e. The SMILES string of the molecule is CCn1cc(Br)cc1C(=O)NCCOC1CCCCC1. The first-order valence-corrected chi connectivity index (χ1v) is 8.25. The van der Waals surface area contributed by atoms with Crippen molar-refractivity contribution in [3.63, 3.8) is 0 Å². The van der Waals surface area contributed by atoms with Crippen LogP contribution in [-0.2, 0) is 11.3 Å². The third-order valence-electron chi connectivity index (χ3n) is 3.73. The number of aryl methyl sites for hydroxylation is 1. The molecule has 4 nitrogen and oxygen atoms in total. The summed E-state index contributed by atoms with van der Waals surface area (Å²) in [5.74, 6) is -0.0372. The first-order chi connectivity index (χ1) is 9.70. The third-order valence-corrected chi connectivity index (χ3v) is 4.16. The highest BCUT2D eigenvalue weighted by Gasteiger charge is 2.14. The maximum absolute atomic E-state index is 12.1. The lowest BCUT2D eigenvalue weighted by Gasteiger charge is -2.22. The summed E-state index contributed by atoms with van der Waals surface area (Å²) in [7, 11) is 0. The number of ether oxygens (including phenoxy) is 1. The number of carbonyl (C=O) groups is 1. The van der Waals surface area contributed by atoms with E-state index < -0.39 is 0 Å². The van der Waals surface area contributed by atoms with Gasteiger partial charge in [-0.05, 0) is 41.8 Å². The van der Waals surface area contributed by atoms with Gasteiger partial charge in [0.1, 0.15) is 5.69 Å². The molecule has 0 aromatic carbocycles. The molecule has 1 amide bonds. The minimum absolute atomic E-state index is 0.0372. The van der Waals surface area contributed by atoms with E-state index in [-0.39, 0.29) is 5.91 Å². The van der Waals surface area contributed by atoms with Crippen molar-refractivity contribution in [3.8, 4) is 0 Å². The Kier molecular flexibility index (Phi) is 6.10. The number of amides is 1. The normalized spacial score (nSPS) is 16.3. The Balaban J connectivity index is 1.71. The lowest BCUT2D eigenvalue weighted by molar-refractivity contribution is 0.0299. The fourth-order valence-electron chi connectivity index (χ4n) is 2.64. The Morgan fingerprint density at radius 1 is 1.45 bits per heavy atom. The number of hydrogen-bond acceptors (Lipinski definition) is 2. The maximum Gasteiger partial charge on any atom is 0.268 e. The van der Waals surface area contributed by atoms with E-state index in [4.69, 9.17) is 4.74 Å². The first kappa shape index (κ1) is 15.6. The molecule has 1 aromatic rings. The fourth-order valence-corrected chi connectivity index (χ4v) is 3.10. The summed E-state index contributed by atoms with van der Waals surface area (Å²) in [5.41, 5.74) is 0.692. The minimum atomic E-state index is -0.0372. The van der Waals surface area contributed by atoms with Crippen molar-refractivity contribution < 1.29 is 9.53 Å². The largest absolute Gasteiger partial charge is 0.376 e. The molecule has 1 N–H and O–H groups in total. The average molecular weight is 343 g/mol. The Morgan fingerprint density at radius 3 is 2.90 bits per heavy atom. The fraction of sp³-hybridized carbons (Fsp3) is 0.667. The summed E-state index contributed by atoms with van der Waals surface area (Å²) in [6.45, 7) is 3.98. The van der Waals surface area contributed by atoms with Crippen molar-refractivity contribution in [3.05, 3.63) is 22.4 Å². The Hall–Kier alpha value is -0.810. The van der Waals surface area contributed by atoms with Crippen LogP contribution in [0.5, 0.6) is 0 Å². The zero-order valence-corrected chi connectivity index (χ0v) is 13.6. The summed E-state index contributed by atoms with van der Waals surface area (Å²) in [5, 5.41) is 2.92. The summed E-state index contributed by atoms with van der Waals surface area (Å²) in [6, 6.07) is 1.85. The molecule has 0 saturated heterocycles. The van der Waals surface area contributed by atoms with Gasteiger partial charge in [0.05, 0.1) is 12.7 Å². The molecule has 20 heavy (non-hydrogen) atoms. The van der Waals surface area contributed by atoms with E-state index in [1.165, 1.54) is 32.1 Å². The van der Waals surface area contributed by atoms with Gasteiger partial charge in [-0.1, -0.05) is 19.3 Å². The number of hydrogen-bond donors (Lipinski definition) is 1. The molecule has 1 aliphatic carbocycles. The van der Waals surface area contributed by atoms with E-state index in [9.17, 15) is 4.79 Å². The number of nitrogens with one attached hydrogen (secondary N) is 1. The second kappa shape index (κ2) is 7.84. The van der Waals surface area contributed by atoms with E-state index >= 15 is 0 Å². The van der Waals surface area contributed by atoms with Gasteiger partial charge >= 0.3 is 0 Å². The van der Waals surface area contributed by atoms with Crippen molar-refractivity contribution in [1.82, 2.24) is 9.88 Å². The van der Waals surface area contributed by atoms with Crippen LogP contribution in [0.15, 0.2) is 16.7 Å².